The number of nitrogens with one attached hydrogen (secondary N) is 1. The van der Waals surface area contributed by atoms with Crippen LogP contribution in [0.3, 0.4) is 0 Å². The Bertz CT molecular complexity index is 279. The summed E-state index contributed by atoms with van der Waals surface area (Å²) in [6.45, 7) is 2.67. The van der Waals surface area contributed by atoms with Crippen LogP contribution in [0.2, 0.25) is 0 Å². The van der Waals surface area contributed by atoms with Gasteiger partial charge in [-0.15, -0.1) is 0 Å². The van der Waals surface area contributed by atoms with Gasteiger partial charge < -0.3 is 15.3 Å². The van der Waals surface area contributed by atoms with Gasteiger partial charge in [0.1, 0.15) is 0 Å². The monoisotopic (exact) mass is 256 g/mol. The molecule has 0 aromatic heterocycles. The number of rotatable bonds is 7. The summed E-state index contributed by atoms with van der Waals surface area (Å²) in [7, 11) is 1.94. The quantitative estimate of drug-likeness (QED) is 0.669. The van der Waals surface area contributed by atoms with Crippen molar-refractivity contribution in [3.63, 3.8) is 0 Å². The minimum Gasteiger partial charge on any atom is -0.481 e. The fourth-order valence-corrected chi connectivity index (χ4v) is 2.46. The second-order valence-electron chi connectivity index (χ2n) is 5.01. The topological polar surface area (TPSA) is 69.6 Å². The molecule has 1 amide bonds. The van der Waals surface area contributed by atoms with Crippen LogP contribution in [0.5, 0.6) is 0 Å². The molecular formula is C13H24N2O3. The summed E-state index contributed by atoms with van der Waals surface area (Å²) in [5, 5.41) is 11.7. The summed E-state index contributed by atoms with van der Waals surface area (Å²) in [4.78, 5) is 24.2. The zero-order valence-electron chi connectivity index (χ0n) is 11.2. The van der Waals surface area contributed by atoms with Crippen LogP contribution >= 0.6 is 0 Å². The number of carboxylic acid groups (broad SMARTS) is 1. The first-order valence-electron chi connectivity index (χ1n) is 6.77. The van der Waals surface area contributed by atoms with Gasteiger partial charge in [-0.1, -0.05) is 0 Å². The van der Waals surface area contributed by atoms with Crippen LogP contribution < -0.4 is 5.32 Å². The number of unbranched alkanes of at least 4 members (excludes halogenated alkanes) is 1. The molecule has 18 heavy (non-hydrogen) atoms. The Morgan fingerprint density at radius 2 is 2.06 bits per heavy atom. The number of carboxylic acids is 1. The average molecular weight is 256 g/mol. The van der Waals surface area contributed by atoms with E-state index in [0.29, 0.717) is 25.2 Å². The molecule has 0 aromatic carbocycles. The van der Waals surface area contributed by atoms with Crippen LogP contribution in [0, 0.1) is 5.92 Å². The molecule has 1 fully saturated rings. The lowest BCUT2D eigenvalue weighted by atomic mass is 9.97. The molecule has 0 bridgehead atoms. The number of carbonyl (C=O) groups is 2. The molecule has 1 unspecified atom stereocenters. The van der Waals surface area contributed by atoms with Crippen molar-refractivity contribution in [2.24, 2.45) is 5.92 Å². The van der Waals surface area contributed by atoms with E-state index in [1.54, 1.807) is 0 Å². The summed E-state index contributed by atoms with van der Waals surface area (Å²) >= 11 is 0. The van der Waals surface area contributed by atoms with Crippen LogP contribution in [0.4, 0.5) is 0 Å². The van der Waals surface area contributed by atoms with Gasteiger partial charge in [0.2, 0.25) is 5.91 Å². The van der Waals surface area contributed by atoms with Gasteiger partial charge in [0.15, 0.2) is 0 Å². The third-order valence-corrected chi connectivity index (χ3v) is 3.40. The molecule has 104 valence electrons. The third-order valence-electron chi connectivity index (χ3n) is 3.40. The van der Waals surface area contributed by atoms with Gasteiger partial charge in [0.05, 0.1) is 0 Å². The van der Waals surface area contributed by atoms with Gasteiger partial charge in [0, 0.05) is 25.9 Å². The average Bonchev–Trinajstić information content (AvgIpc) is 2.35. The maximum atomic E-state index is 12.0. The molecule has 0 radical (unpaired) electrons. The van der Waals surface area contributed by atoms with Crippen LogP contribution in [-0.4, -0.2) is 48.6 Å². The standard InChI is InChI=1S/C13H24N2O3/c1-14-9-11-5-4-8-15(10-11)12(16)6-2-3-7-13(17)18/h11,14H,2-10H2,1H3,(H,17,18). The van der Waals surface area contributed by atoms with E-state index in [1.165, 1.54) is 6.42 Å². The maximum absolute atomic E-state index is 12.0. The Labute approximate surface area is 109 Å². The van der Waals surface area contributed by atoms with Crippen LogP contribution in [-0.2, 0) is 9.59 Å². The second-order valence-corrected chi connectivity index (χ2v) is 5.01. The largest absolute Gasteiger partial charge is 0.481 e. The van der Waals surface area contributed by atoms with E-state index in [0.717, 1.165) is 26.1 Å². The number of hydrogen-bond donors (Lipinski definition) is 2. The zero-order chi connectivity index (χ0) is 13.4. The van der Waals surface area contributed by atoms with Crippen molar-refractivity contribution in [1.29, 1.82) is 0 Å². The molecule has 1 aliphatic heterocycles. The van der Waals surface area contributed by atoms with Gasteiger partial charge in [0.25, 0.3) is 0 Å². The molecule has 5 nitrogen and oxygen atoms in total. The van der Waals surface area contributed by atoms with Crippen LogP contribution in [0.1, 0.15) is 38.5 Å². The van der Waals surface area contributed by atoms with E-state index in [4.69, 9.17) is 5.11 Å². The Morgan fingerprint density at radius 1 is 1.33 bits per heavy atom. The number of piperidine rings is 1. The molecule has 0 saturated carbocycles. The van der Waals surface area contributed by atoms with Gasteiger partial charge in [-0.2, -0.15) is 0 Å². The van der Waals surface area contributed by atoms with Crippen LogP contribution in [0.25, 0.3) is 0 Å². The lowest BCUT2D eigenvalue weighted by Gasteiger charge is -2.32. The number of aliphatic carboxylic acids is 1. The predicted molar refractivity (Wildman–Crippen MR) is 69.3 cm³/mol. The highest BCUT2D eigenvalue weighted by Crippen LogP contribution is 2.17. The van der Waals surface area contributed by atoms with E-state index >= 15 is 0 Å². The first kappa shape index (κ1) is 15.0. The molecular weight excluding hydrogens is 232 g/mol. The van der Waals surface area contributed by atoms with E-state index in [1.807, 2.05) is 11.9 Å². The van der Waals surface area contributed by atoms with E-state index in [2.05, 4.69) is 5.32 Å². The van der Waals surface area contributed by atoms with Crippen molar-refractivity contribution in [2.45, 2.75) is 38.5 Å². The SMILES string of the molecule is CNCC1CCCN(C(=O)CCCCC(=O)O)C1. The summed E-state index contributed by atoms with van der Waals surface area (Å²) in [5.41, 5.74) is 0. The highest BCUT2D eigenvalue weighted by Gasteiger charge is 2.22. The minimum absolute atomic E-state index is 0.162. The molecule has 1 saturated heterocycles. The highest BCUT2D eigenvalue weighted by atomic mass is 16.4. The Morgan fingerprint density at radius 3 is 2.72 bits per heavy atom. The first-order chi connectivity index (χ1) is 8.63. The lowest BCUT2D eigenvalue weighted by molar-refractivity contribution is -0.138. The molecule has 5 heteroatoms. The maximum Gasteiger partial charge on any atom is 0.303 e. The lowest BCUT2D eigenvalue weighted by Crippen LogP contribution is -2.42. The van der Waals surface area contributed by atoms with E-state index < -0.39 is 5.97 Å². The number of amides is 1. The minimum atomic E-state index is -0.783. The van der Waals surface area contributed by atoms with Gasteiger partial charge in [-0.3, -0.25) is 9.59 Å². The summed E-state index contributed by atoms with van der Waals surface area (Å²) in [6, 6.07) is 0. The summed E-state index contributed by atoms with van der Waals surface area (Å²) < 4.78 is 0. The fraction of sp³-hybridized carbons (Fsp3) is 0.846. The smallest absolute Gasteiger partial charge is 0.303 e. The van der Waals surface area contributed by atoms with Crippen molar-refractivity contribution in [3.05, 3.63) is 0 Å². The Kier molecular flexibility index (Phi) is 6.72. The van der Waals surface area contributed by atoms with Crippen molar-refractivity contribution < 1.29 is 14.7 Å². The highest BCUT2D eigenvalue weighted by molar-refractivity contribution is 5.76. The normalized spacial score (nSPS) is 19.8. The first-order valence-corrected chi connectivity index (χ1v) is 6.77. The predicted octanol–water partition coefficient (Wildman–Crippen LogP) is 1.09. The molecule has 1 atom stereocenters. The molecule has 1 heterocycles. The number of hydrogen-bond acceptors (Lipinski definition) is 3. The Hall–Kier alpha value is -1.10. The molecule has 0 aromatic rings. The second kappa shape index (κ2) is 8.08. The van der Waals surface area contributed by atoms with E-state index in [-0.39, 0.29) is 12.3 Å². The fourth-order valence-electron chi connectivity index (χ4n) is 2.46. The number of carbonyl (C=O) groups excluding carboxylic acids is 1. The van der Waals surface area contributed by atoms with Gasteiger partial charge >= 0.3 is 5.97 Å². The summed E-state index contributed by atoms with van der Waals surface area (Å²) in [6.07, 6.45) is 4.18. The van der Waals surface area contributed by atoms with Gasteiger partial charge in [-0.25, -0.2) is 0 Å². The van der Waals surface area contributed by atoms with Crippen molar-refractivity contribution >= 4 is 11.9 Å². The molecule has 1 aliphatic rings. The molecule has 1 rings (SSSR count). The zero-order valence-corrected chi connectivity index (χ0v) is 11.2. The molecule has 0 aliphatic carbocycles. The summed E-state index contributed by atoms with van der Waals surface area (Å²) in [5.74, 6) is -0.0394. The third kappa shape index (κ3) is 5.49. The van der Waals surface area contributed by atoms with Gasteiger partial charge in [-0.05, 0) is 45.2 Å². The van der Waals surface area contributed by atoms with E-state index in [9.17, 15) is 9.59 Å². The number of nitrogens with zero attached hydrogens (tertiary/aromatic N) is 1. The molecule has 2 N–H and O–H groups in total. The van der Waals surface area contributed by atoms with Crippen molar-refractivity contribution in [3.8, 4) is 0 Å². The molecule has 0 spiro atoms. The van der Waals surface area contributed by atoms with Crippen molar-refractivity contribution in [1.82, 2.24) is 10.2 Å². The van der Waals surface area contributed by atoms with Crippen molar-refractivity contribution in [2.75, 3.05) is 26.7 Å². The Balaban J connectivity index is 2.21. The number of likely N-dealkylation sites (tertiary alicyclic amines) is 1. The van der Waals surface area contributed by atoms with Crippen LogP contribution in [0.15, 0.2) is 0 Å².